The molecule has 0 heterocycles. The molecule has 1 amide bonds. The van der Waals surface area contributed by atoms with E-state index in [2.05, 4.69) is 5.32 Å². The summed E-state index contributed by atoms with van der Waals surface area (Å²) in [4.78, 5) is 12.8. The van der Waals surface area contributed by atoms with Crippen LogP contribution in [0.5, 0.6) is 0 Å². The minimum Gasteiger partial charge on any atom is -0.391 e. The van der Waals surface area contributed by atoms with Crippen molar-refractivity contribution in [3.05, 3.63) is 71.8 Å². The molecular weight excluding hydrogens is 302 g/mol. The van der Waals surface area contributed by atoms with Gasteiger partial charge in [-0.05, 0) is 16.5 Å². The van der Waals surface area contributed by atoms with E-state index >= 15 is 0 Å². The molecule has 1 atom stereocenters. The molecule has 4 heteroatoms. The van der Waals surface area contributed by atoms with Crippen LogP contribution in [0.1, 0.15) is 31.9 Å². The summed E-state index contributed by atoms with van der Waals surface area (Å²) >= 11 is 0. The lowest BCUT2D eigenvalue weighted by Crippen LogP contribution is -2.49. The first kappa shape index (κ1) is 18.2. The fourth-order valence-corrected chi connectivity index (χ4v) is 2.41. The number of amides is 1. The highest BCUT2D eigenvalue weighted by Crippen LogP contribution is 2.30. The average Bonchev–Trinajstić information content (AvgIpc) is 2.59. The highest BCUT2D eigenvalue weighted by Gasteiger charge is 2.40. The Hall–Kier alpha value is -2.17. The van der Waals surface area contributed by atoms with Gasteiger partial charge in [0.25, 0.3) is 5.91 Å². The summed E-state index contributed by atoms with van der Waals surface area (Å²) in [5, 5.41) is 24.1. The molecule has 0 aliphatic carbocycles. The maximum absolute atomic E-state index is 12.8. The van der Waals surface area contributed by atoms with Crippen molar-refractivity contribution in [3.8, 4) is 0 Å². The molecule has 2 rings (SSSR count). The van der Waals surface area contributed by atoms with E-state index in [0.717, 1.165) is 0 Å². The molecule has 0 bridgehead atoms. The predicted molar refractivity (Wildman–Crippen MR) is 94.4 cm³/mol. The third-order valence-electron chi connectivity index (χ3n) is 4.17. The molecule has 3 N–H and O–H groups in total. The maximum Gasteiger partial charge on any atom is 0.261 e. The number of benzene rings is 2. The summed E-state index contributed by atoms with van der Waals surface area (Å²) in [6.45, 7) is 5.75. The monoisotopic (exact) mass is 327 g/mol. The van der Waals surface area contributed by atoms with Gasteiger partial charge in [0, 0.05) is 6.54 Å². The van der Waals surface area contributed by atoms with Gasteiger partial charge in [0.15, 0.2) is 5.60 Å². The summed E-state index contributed by atoms with van der Waals surface area (Å²) in [7, 11) is 0. The number of aliphatic hydroxyl groups is 2. The van der Waals surface area contributed by atoms with E-state index in [1.54, 1.807) is 48.5 Å². The summed E-state index contributed by atoms with van der Waals surface area (Å²) in [6.07, 6.45) is -0.711. The van der Waals surface area contributed by atoms with Crippen molar-refractivity contribution in [3.63, 3.8) is 0 Å². The van der Waals surface area contributed by atoms with Gasteiger partial charge in [-0.15, -0.1) is 0 Å². The summed E-state index contributed by atoms with van der Waals surface area (Å²) in [5.74, 6) is -0.553. The molecule has 0 spiro atoms. The molecule has 0 aliphatic rings. The van der Waals surface area contributed by atoms with Gasteiger partial charge in [-0.1, -0.05) is 81.4 Å². The van der Waals surface area contributed by atoms with Gasteiger partial charge in [-0.3, -0.25) is 4.79 Å². The number of aliphatic hydroxyl groups excluding tert-OH is 1. The van der Waals surface area contributed by atoms with E-state index in [4.69, 9.17) is 0 Å². The fourth-order valence-electron chi connectivity index (χ4n) is 2.41. The molecule has 1 unspecified atom stereocenters. The number of carbonyl (C=O) groups excluding carboxylic acids is 1. The van der Waals surface area contributed by atoms with Gasteiger partial charge >= 0.3 is 0 Å². The molecule has 24 heavy (non-hydrogen) atoms. The highest BCUT2D eigenvalue weighted by molar-refractivity contribution is 5.90. The molecule has 0 fully saturated rings. The van der Waals surface area contributed by atoms with Crippen molar-refractivity contribution >= 4 is 5.91 Å². The van der Waals surface area contributed by atoms with Crippen LogP contribution in [0.25, 0.3) is 0 Å². The van der Waals surface area contributed by atoms with Crippen LogP contribution in [0.3, 0.4) is 0 Å². The summed E-state index contributed by atoms with van der Waals surface area (Å²) in [5.41, 5.74) is -1.19. The van der Waals surface area contributed by atoms with Crippen molar-refractivity contribution in [1.82, 2.24) is 5.32 Å². The van der Waals surface area contributed by atoms with Crippen molar-refractivity contribution in [1.29, 1.82) is 0 Å². The van der Waals surface area contributed by atoms with Crippen LogP contribution in [0, 0.1) is 5.41 Å². The molecular formula is C20H25NO3. The number of rotatable bonds is 5. The van der Waals surface area contributed by atoms with Crippen molar-refractivity contribution in [2.75, 3.05) is 6.54 Å². The van der Waals surface area contributed by atoms with Gasteiger partial charge in [0.1, 0.15) is 0 Å². The zero-order valence-corrected chi connectivity index (χ0v) is 14.4. The molecule has 0 aliphatic heterocycles. The number of hydrogen-bond acceptors (Lipinski definition) is 3. The number of carbonyl (C=O) groups is 1. The van der Waals surface area contributed by atoms with E-state index in [9.17, 15) is 15.0 Å². The predicted octanol–water partition coefficient (Wildman–Crippen LogP) is 2.45. The fraction of sp³-hybridized carbons (Fsp3) is 0.350. The third kappa shape index (κ3) is 3.83. The second-order valence-corrected chi connectivity index (χ2v) is 7.03. The van der Waals surface area contributed by atoms with E-state index in [-0.39, 0.29) is 12.0 Å². The number of nitrogens with one attached hydrogen (secondary N) is 1. The average molecular weight is 327 g/mol. The van der Waals surface area contributed by atoms with Crippen molar-refractivity contribution in [2.45, 2.75) is 32.5 Å². The normalized spacial score (nSPS) is 13.4. The minimum atomic E-state index is -1.81. The largest absolute Gasteiger partial charge is 0.391 e. The Morgan fingerprint density at radius 3 is 1.75 bits per heavy atom. The van der Waals surface area contributed by atoms with Crippen LogP contribution in [0.15, 0.2) is 60.7 Å². The molecule has 0 saturated heterocycles. The second-order valence-electron chi connectivity index (χ2n) is 7.03. The molecule has 128 valence electrons. The zero-order chi connectivity index (χ0) is 17.8. The summed E-state index contributed by atoms with van der Waals surface area (Å²) in [6, 6.07) is 17.6. The minimum absolute atomic E-state index is 0.0737. The van der Waals surface area contributed by atoms with Gasteiger partial charge in [-0.2, -0.15) is 0 Å². The first-order valence-electron chi connectivity index (χ1n) is 8.06. The van der Waals surface area contributed by atoms with Crippen LogP contribution in [-0.4, -0.2) is 28.8 Å². The first-order valence-corrected chi connectivity index (χ1v) is 8.06. The van der Waals surface area contributed by atoms with E-state index in [0.29, 0.717) is 11.1 Å². The Kier molecular flexibility index (Phi) is 5.42. The smallest absolute Gasteiger partial charge is 0.261 e. The second kappa shape index (κ2) is 7.16. The lowest BCUT2D eigenvalue weighted by molar-refractivity contribution is -0.137. The quantitative estimate of drug-likeness (QED) is 0.790. The number of hydrogen-bond donors (Lipinski definition) is 3. The first-order chi connectivity index (χ1) is 11.3. The van der Waals surface area contributed by atoms with Crippen molar-refractivity contribution < 1.29 is 15.0 Å². The summed E-state index contributed by atoms with van der Waals surface area (Å²) < 4.78 is 0. The van der Waals surface area contributed by atoms with E-state index in [1.165, 1.54) is 0 Å². The Bertz CT molecular complexity index is 623. The Labute approximate surface area is 143 Å². The lowest BCUT2D eigenvalue weighted by Gasteiger charge is -2.31. The van der Waals surface area contributed by atoms with Crippen LogP contribution < -0.4 is 5.32 Å². The van der Waals surface area contributed by atoms with Crippen LogP contribution in [0.4, 0.5) is 0 Å². The van der Waals surface area contributed by atoms with Gasteiger partial charge in [0.05, 0.1) is 6.10 Å². The Balaban J connectivity index is 2.32. The lowest BCUT2D eigenvalue weighted by atomic mass is 9.85. The van der Waals surface area contributed by atoms with Crippen LogP contribution in [0.2, 0.25) is 0 Å². The Morgan fingerprint density at radius 1 is 0.958 bits per heavy atom. The molecule has 2 aromatic rings. The Morgan fingerprint density at radius 2 is 1.38 bits per heavy atom. The van der Waals surface area contributed by atoms with Crippen LogP contribution >= 0.6 is 0 Å². The van der Waals surface area contributed by atoms with E-state index in [1.807, 2.05) is 32.9 Å². The SMILES string of the molecule is CC(C)(C)C(O)CNC(=O)C(O)(c1ccccc1)c1ccccc1. The third-order valence-corrected chi connectivity index (χ3v) is 4.17. The standard InChI is InChI=1S/C20H25NO3/c1-19(2,3)17(22)14-21-18(23)20(24,15-10-6-4-7-11-15)16-12-8-5-9-13-16/h4-13,17,22,24H,14H2,1-3H3,(H,21,23). The maximum atomic E-state index is 12.8. The molecule has 0 saturated carbocycles. The van der Waals surface area contributed by atoms with Gasteiger partial charge in [-0.25, -0.2) is 0 Å². The highest BCUT2D eigenvalue weighted by atomic mass is 16.3. The van der Waals surface area contributed by atoms with Crippen LogP contribution in [-0.2, 0) is 10.4 Å². The van der Waals surface area contributed by atoms with E-state index < -0.39 is 17.6 Å². The van der Waals surface area contributed by atoms with Gasteiger partial charge in [0.2, 0.25) is 0 Å². The topological polar surface area (TPSA) is 69.6 Å². The van der Waals surface area contributed by atoms with Gasteiger partial charge < -0.3 is 15.5 Å². The molecule has 4 nitrogen and oxygen atoms in total. The molecule has 0 radical (unpaired) electrons. The molecule has 2 aromatic carbocycles. The molecule has 0 aromatic heterocycles. The van der Waals surface area contributed by atoms with Crippen molar-refractivity contribution in [2.24, 2.45) is 5.41 Å². The zero-order valence-electron chi connectivity index (χ0n) is 14.4.